The predicted molar refractivity (Wildman–Crippen MR) is 127 cm³/mol. The van der Waals surface area contributed by atoms with Crippen molar-refractivity contribution < 1.29 is 22.7 Å². The maximum absolute atomic E-state index is 14.0. The minimum atomic E-state index is -4.96. The van der Waals surface area contributed by atoms with Crippen molar-refractivity contribution >= 4 is 16.9 Å². The van der Waals surface area contributed by atoms with Gasteiger partial charge in [0.1, 0.15) is 40.4 Å². The van der Waals surface area contributed by atoms with Gasteiger partial charge in [-0.2, -0.15) is 14.9 Å². The number of benzene rings is 1. The lowest BCUT2D eigenvalue weighted by Crippen LogP contribution is -2.21. The van der Waals surface area contributed by atoms with Gasteiger partial charge < -0.3 is 10.5 Å². The van der Waals surface area contributed by atoms with E-state index in [1.54, 1.807) is 17.9 Å². The topological polar surface area (TPSA) is 127 Å². The Kier molecular flexibility index (Phi) is 5.62. The molecule has 10 nitrogen and oxygen atoms in total. The number of hydrogen-bond acceptors (Lipinski definition) is 7. The van der Waals surface area contributed by atoms with E-state index in [9.17, 15) is 18.0 Å². The monoisotopic (exact) mass is 508 g/mol. The fourth-order valence-electron chi connectivity index (χ4n) is 4.19. The Morgan fingerprint density at radius 3 is 2.43 bits per heavy atom. The molecule has 1 aromatic carbocycles. The molecule has 1 amide bonds. The number of primary amides is 1. The van der Waals surface area contributed by atoms with Crippen molar-refractivity contribution in [2.24, 2.45) is 12.8 Å². The van der Waals surface area contributed by atoms with Crippen LogP contribution in [-0.4, -0.2) is 47.5 Å². The van der Waals surface area contributed by atoms with Crippen LogP contribution >= 0.6 is 0 Å². The summed E-state index contributed by atoms with van der Waals surface area (Å²) >= 11 is 0. The van der Waals surface area contributed by atoms with Crippen LogP contribution < -0.4 is 10.5 Å². The SMILES string of the molecule is COc1cc2ncnc(-c3cn(C)nc3-c3ccccc3)c2nc1-c1c(C(N)=O)c(C)nn1C(F)(F)F. The number of amides is 1. The molecule has 37 heavy (non-hydrogen) atoms. The van der Waals surface area contributed by atoms with Crippen molar-refractivity contribution in [1.29, 1.82) is 0 Å². The molecular formula is C24H19F3N8O2. The normalized spacial score (nSPS) is 11.7. The van der Waals surface area contributed by atoms with E-state index in [4.69, 9.17) is 10.5 Å². The zero-order valence-electron chi connectivity index (χ0n) is 19.8. The summed E-state index contributed by atoms with van der Waals surface area (Å²) in [6, 6.07) is 10.8. The van der Waals surface area contributed by atoms with Crippen LogP contribution in [0.3, 0.4) is 0 Å². The van der Waals surface area contributed by atoms with E-state index >= 15 is 0 Å². The average molecular weight is 508 g/mol. The lowest BCUT2D eigenvalue weighted by molar-refractivity contribution is -0.211. The number of aromatic nitrogens is 7. The third kappa shape index (κ3) is 4.03. The van der Waals surface area contributed by atoms with Crippen molar-refractivity contribution in [3.8, 4) is 39.7 Å². The van der Waals surface area contributed by atoms with Crippen LogP contribution in [0, 0.1) is 6.92 Å². The minimum Gasteiger partial charge on any atom is -0.494 e. The van der Waals surface area contributed by atoms with Crippen molar-refractivity contribution in [3.05, 3.63) is 60.2 Å². The molecular weight excluding hydrogens is 489 g/mol. The minimum absolute atomic E-state index is 0.0560. The molecule has 0 aliphatic rings. The number of halogens is 3. The number of hydrogen-bond donors (Lipinski definition) is 1. The first kappa shape index (κ1) is 23.9. The second-order valence-corrected chi connectivity index (χ2v) is 8.11. The van der Waals surface area contributed by atoms with Crippen LogP contribution in [0.5, 0.6) is 5.75 Å². The number of nitrogens with zero attached hydrogens (tertiary/aromatic N) is 7. The Bertz CT molecular complexity index is 1660. The van der Waals surface area contributed by atoms with E-state index in [0.29, 0.717) is 22.5 Å². The van der Waals surface area contributed by atoms with Gasteiger partial charge in [-0.15, -0.1) is 13.2 Å². The molecule has 5 aromatic rings. The summed E-state index contributed by atoms with van der Waals surface area (Å²) in [5.74, 6) is -1.14. The lowest BCUT2D eigenvalue weighted by Gasteiger charge is -2.15. The highest BCUT2D eigenvalue weighted by Gasteiger charge is 2.39. The molecule has 0 unspecified atom stereocenters. The Morgan fingerprint density at radius 1 is 1.05 bits per heavy atom. The van der Waals surface area contributed by atoms with Crippen molar-refractivity contribution in [2.75, 3.05) is 7.11 Å². The van der Waals surface area contributed by atoms with Crippen LogP contribution in [0.25, 0.3) is 44.9 Å². The number of pyridine rings is 1. The Morgan fingerprint density at radius 2 is 1.78 bits per heavy atom. The Balaban J connectivity index is 1.85. The number of methoxy groups -OCH3 is 1. The van der Waals surface area contributed by atoms with Crippen LogP contribution in [0.4, 0.5) is 13.2 Å². The van der Waals surface area contributed by atoms with Gasteiger partial charge in [-0.05, 0) is 6.92 Å². The highest BCUT2D eigenvalue weighted by molar-refractivity contribution is 6.02. The maximum Gasteiger partial charge on any atom is 0.505 e. The van der Waals surface area contributed by atoms with Crippen molar-refractivity contribution in [2.45, 2.75) is 13.2 Å². The molecule has 0 saturated carbocycles. The van der Waals surface area contributed by atoms with Gasteiger partial charge in [0, 0.05) is 30.4 Å². The fraction of sp³-hybridized carbons (Fsp3) is 0.167. The van der Waals surface area contributed by atoms with Crippen molar-refractivity contribution in [3.63, 3.8) is 0 Å². The highest BCUT2D eigenvalue weighted by Crippen LogP contribution is 2.40. The van der Waals surface area contributed by atoms with E-state index < -0.39 is 23.5 Å². The smallest absolute Gasteiger partial charge is 0.494 e. The molecule has 4 heterocycles. The van der Waals surface area contributed by atoms with Crippen LogP contribution in [-0.2, 0) is 13.3 Å². The third-order valence-electron chi connectivity index (χ3n) is 5.70. The van der Waals surface area contributed by atoms with Gasteiger partial charge in [-0.25, -0.2) is 15.0 Å². The quantitative estimate of drug-likeness (QED) is 0.382. The molecule has 0 saturated heterocycles. The molecule has 0 bridgehead atoms. The van der Waals surface area contributed by atoms with Gasteiger partial charge in [0.15, 0.2) is 0 Å². The zero-order valence-corrected chi connectivity index (χ0v) is 19.8. The maximum atomic E-state index is 14.0. The molecule has 2 N–H and O–H groups in total. The molecule has 0 atom stereocenters. The highest BCUT2D eigenvalue weighted by atomic mass is 19.4. The molecule has 4 aromatic heterocycles. The summed E-state index contributed by atoms with van der Waals surface area (Å²) in [5.41, 5.74) is 6.70. The summed E-state index contributed by atoms with van der Waals surface area (Å²) in [6.07, 6.45) is -1.91. The van der Waals surface area contributed by atoms with Crippen molar-refractivity contribution in [1.82, 2.24) is 34.5 Å². The van der Waals surface area contributed by atoms with Crippen LogP contribution in [0.15, 0.2) is 48.9 Å². The van der Waals surface area contributed by atoms with E-state index in [0.717, 1.165) is 5.56 Å². The largest absolute Gasteiger partial charge is 0.505 e. The molecule has 0 spiro atoms. The number of nitrogens with two attached hydrogens (primary N) is 1. The molecule has 0 radical (unpaired) electrons. The van der Waals surface area contributed by atoms with Crippen LogP contribution in [0.1, 0.15) is 16.1 Å². The summed E-state index contributed by atoms with van der Waals surface area (Å²) < 4.78 is 48.6. The van der Waals surface area contributed by atoms with E-state index in [1.165, 1.54) is 26.4 Å². The first-order chi connectivity index (χ1) is 17.6. The van der Waals surface area contributed by atoms with Gasteiger partial charge in [0.2, 0.25) is 0 Å². The Hall–Kier alpha value is -4.81. The number of aryl methyl sites for hydroxylation is 2. The van der Waals surface area contributed by atoms with E-state index in [1.807, 2.05) is 30.3 Å². The van der Waals surface area contributed by atoms with E-state index in [2.05, 4.69) is 25.1 Å². The number of rotatable bonds is 5. The summed E-state index contributed by atoms with van der Waals surface area (Å²) in [7, 11) is 3.01. The first-order valence-electron chi connectivity index (χ1n) is 10.9. The molecule has 0 aliphatic carbocycles. The summed E-state index contributed by atoms with van der Waals surface area (Å²) in [4.78, 5) is 25.4. The van der Waals surface area contributed by atoms with E-state index in [-0.39, 0.29) is 27.3 Å². The number of fused-ring (bicyclic) bond motifs is 1. The van der Waals surface area contributed by atoms with Gasteiger partial charge in [0.05, 0.1) is 23.9 Å². The molecule has 13 heteroatoms. The predicted octanol–water partition coefficient (Wildman–Crippen LogP) is 3.85. The number of carbonyl (C=O) groups is 1. The summed E-state index contributed by atoms with van der Waals surface area (Å²) in [6.45, 7) is 1.26. The average Bonchev–Trinajstić information content (AvgIpc) is 3.43. The standard InChI is InChI=1S/C24H19F3N8O2/c1-12-17(23(28)36)22(35(32-12)24(25,26)27)21-16(37-3)9-15-20(31-21)19(30-11-29-15)14-10-34(2)33-18(14)13-7-5-4-6-8-13/h4-11H,1-3H3,(H2,28,36). The molecule has 5 rings (SSSR count). The zero-order chi connectivity index (χ0) is 26.5. The number of ether oxygens (including phenoxy) is 1. The first-order valence-corrected chi connectivity index (χ1v) is 10.9. The molecule has 188 valence electrons. The summed E-state index contributed by atoms with van der Waals surface area (Å²) in [5, 5.41) is 8.07. The van der Waals surface area contributed by atoms with Gasteiger partial charge >= 0.3 is 6.30 Å². The third-order valence-corrected chi connectivity index (χ3v) is 5.70. The van der Waals surface area contributed by atoms with Gasteiger partial charge in [-0.1, -0.05) is 30.3 Å². The van der Waals surface area contributed by atoms with Gasteiger partial charge in [0.25, 0.3) is 5.91 Å². The van der Waals surface area contributed by atoms with Crippen LogP contribution in [0.2, 0.25) is 0 Å². The second kappa shape index (κ2) is 8.69. The fourth-order valence-corrected chi connectivity index (χ4v) is 4.19. The van der Waals surface area contributed by atoms with Gasteiger partial charge in [-0.3, -0.25) is 9.48 Å². The number of carbonyl (C=O) groups excluding carboxylic acids is 1. The molecule has 0 fully saturated rings. The lowest BCUT2D eigenvalue weighted by atomic mass is 10.0. The Labute approximate surface area is 207 Å². The molecule has 0 aliphatic heterocycles. The second-order valence-electron chi connectivity index (χ2n) is 8.11. The number of alkyl halides is 3.